The maximum absolute atomic E-state index is 12.7. The first-order valence-electron chi connectivity index (χ1n) is 8.15. The minimum atomic E-state index is -3.92. The third kappa shape index (κ3) is 4.59. The van der Waals surface area contributed by atoms with Crippen LogP contribution in [-0.4, -0.2) is 57.4 Å². The van der Waals surface area contributed by atoms with Gasteiger partial charge in [-0.15, -0.1) is 0 Å². The molecule has 2 heterocycles. The Morgan fingerprint density at radius 1 is 1.44 bits per heavy atom. The maximum atomic E-state index is 12.7. The van der Waals surface area contributed by atoms with Gasteiger partial charge in [0, 0.05) is 26.2 Å². The van der Waals surface area contributed by atoms with Gasteiger partial charge in [-0.05, 0) is 31.9 Å². The van der Waals surface area contributed by atoms with Crippen molar-refractivity contribution in [1.82, 2.24) is 9.62 Å². The number of ether oxygens (including phenoxy) is 1. The Labute approximate surface area is 146 Å². The number of carbonyl (C=O) groups excluding carboxylic acids is 2. The molecular weight excluding hydrogens is 350 g/mol. The molecule has 0 spiro atoms. The molecule has 1 aromatic rings. The van der Waals surface area contributed by atoms with E-state index in [0.29, 0.717) is 32.5 Å². The van der Waals surface area contributed by atoms with Gasteiger partial charge in [-0.25, -0.2) is 13.2 Å². The van der Waals surface area contributed by atoms with Crippen LogP contribution in [0, 0.1) is 5.92 Å². The molecule has 10 heteroatoms. The summed E-state index contributed by atoms with van der Waals surface area (Å²) in [5, 5.41) is 2.34. The van der Waals surface area contributed by atoms with Crippen molar-refractivity contribution in [3.05, 3.63) is 17.9 Å². The van der Waals surface area contributed by atoms with Crippen molar-refractivity contribution in [2.75, 3.05) is 32.8 Å². The van der Waals surface area contributed by atoms with Crippen molar-refractivity contribution in [2.45, 2.75) is 24.9 Å². The van der Waals surface area contributed by atoms with Crippen molar-refractivity contribution in [2.24, 2.45) is 11.7 Å². The molecule has 9 nitrogen and oxygen atoms in total. The van der Waals surface area contributed by atoms with Gasteiger partial charge >= 0.3 is 5.97 Å². The average Bonchev–Trinajstić information content (AvgIpc) is 3.11. The lowest BCUT2D eigenvalue weighted by Gasteiger charge is -2.30. The van der Waals surface area contributed by atoms with Crippen LogP contribution in [0.1, 0.15) is 30.3 Å². The summed E-state index contributed by atoms with van der Waals surface area (Å²) in [4.78, 5) is 23.7. The van der Waals surface area contributed by atoms with E-state index in [0.717, 1.165) is 0 Å². The zero-order valence-electron chi connectivity index (χ0n) is 14.1. The number of nitrogens with two attached hydrogens (primary N) is 1. The molecule has 1 aromatic heterocycles. The van der Waals surface area contributed by atoms with Gasteiger partial charge in [-0.3, -0.25) is 4.79 Å². The molecule has 2 rings (SSSR count). The summed E-state index contributed by atoms with van der Waals surface area (Å²) in [6.45, 7) is 2.83. The van der Waals surface area contributed by atoms with Gasteiger partial charge in [0.25, 0.3) is 10.0 Å². The van der Waals surface area contributed by atoms with Crippen molar-refractivity contribution >= 4 is 21.9 Å². The quantitative estimate of drug-likeness (QED) is 0.639. The average molecular weight is 373 g/mol. The Bertz CT molecular complexity index is 715. The van der Waals surface area contributed by atoms with E-state index in [4.69, 9.17) is 14.9 Å². The fourth-order valence-corrected chi connectivity index (χ4v) is 4.05. The third-order valence-corrected chi connectivity index (χ3v) is 5.59. The van der Waals surface area contributed by atoms with E-state index in [-0.39, 0.29) is 29.9 Å². The van der Waals surface area contributed by atoms with E-state index >= 15 is 0 Å². The number of hydrogen-bond donors (Lipinski definition) is 2. The fourth-order valence-electron chi connectivity index (χ4n) is 2.61. The number of nitrogens with one attached hydrogen (secondary N) is 1. The van der Waals surface area contributed by atoms with Gasteiger partial charge in [0.15, 0.2) is 0 Å². The summed E-state index contributed by atoms with van der Waals surface area (Å²) in [7, 11) is -3.92. The molecule has 0 aromatic carbocycles. The molecule has 0 bridgehead atoms. The highest BCUT2D eigenvalue weighted by Gasteiger charge is 2.35. The lowest BCUT2D eigenvalue weighted by atomic mass is 9.99. The molecule has 0 aliphatic carbocycles. The second-order valence-corrected chi connectivity index (χ2v) is 7.49. The van der Waals surface area contributed by atoms with Crippen molar-refractivity contribution < 1.29 is 27.2 Å². The van der Waals surface area contributed by atoms with Crippen LogP contribution in [0.5, 0.6) is 0 Å². The first-order valence-corrected chi connectivity index (χ1v) is 9.59. The Morgan fingerprint density at radius 3 is 2.88 bits per heavy atom. The SMILES string of the molecule is CCOC(=O)c1ccc(S(=O)(=O)N2CCCC(C(=O)NCCN)C2)o1. The molecule has 1 unspecified atom stereocenters. The zero-order valence-corrected chi connectivity index (χ0v) is 14.9. The predicted octanol–water partition coefficient (Wildman–Crippen LogP) is -0.0681. The number of rotatable bonds is 7. The van der Waals surface area contributed by atoms with Crippen molar-refractivity contribution in [1.29, 1.82) is 0 Å². The molecule has 1 amide bonds. The summed E-state index contributed by atoms with van der Waals surface area (Å²) in [5.74, 6) is -1.54. The summed E-state index contributed by atoms with van der Waals surface area (Å²) in [5.41, 5.74) is 5.36. The van der Waals surface area contributed by atoms with E-state index < -0.39 is 21.9 Å². The van der Waals surface area contributed by atoms with E-state index in [1.807, 2.05) is 0 Å². The van der Waals surface area contributed by atoms with Gasteiger partial charge in [0.05, 0.1) is 12.5 Å². The summed E-state index contributed by atoms with van der Waals surface area (Å²) < 4.78 is 36.5. The fraction of sp³-hybridized carbons (Fsp3) is 0.600. The normalized spacial score (nSPS) is 18.7. The third-order valence-electron chi connectivity index (χ3n) is 3.85. The largest absolute Gasteiger partial charge is 0.460 e. The monoisotopic (exact) mass is 373 g/mol. The van der Waals surface area contributed by atoms with Crippen LogP contribution in [0.3, 0.4) is 0 Å². The van der Waals surface area contributed by atoms with Crippen LogP contribution in [0.2, 0.25) is 0 Å². The number of amides is 1. The number of piperidine rings is 1. The summed E-state index contributed by atoms with van der Waals surface area (Å²) in [6.07, 6.45) is 1.17. The second-order valence-electron chi connectivity index (χ2n) is 5.62. The lowest BCUT2D eigenvalue weighted by molar-refractivity contribution is -0.126. The smallest absolute Gasteiger partial charge is 0.374 e. The predicted molar refractivity (Wildman–Crippen MR) is 88.2 cm³/mol. The Hall–Kier alpha value is -1.91. The highest BCUT2D eigenvalue weighted by Crippen LogP contribution is 2.25. The molecule has 1 saturated heterocycles. The molecule has 1 aliphatic rings. The molecule has 1 aliphatic heterocycles. The van der Waals surface area contributed by atoms with E-state index in [1.54, 1.807) is 6.92 Å². The van der Waals surface area contributed by atoms with Crippen LogP contribution in [0.4, 0.5) is 0 Å². The van der Waals surface area contributed by atoms with Gasteiger partial charge in [-0.1, -0.05) is 0 Å². The first-order chi connectivity index (χ1) is 11.9. The van der Waals surface area contributed by atoms with Gasteiger partial charge in [0.2, 0.25) is 16.8 Å². The summed E-state index contributed by atoms with van der Waals surface area (Å²) >= 11 is 0. The molecule has 1 fully saturated rings. The van der Waals surface area contributed by atoms with Crippen LogP contribution in [0.15, 0.2) is 21.6 Å². The van der Waals surface area contributed by atoms with Gasteiger partial charge in [0.1, 0.15) is 0 Å². The van der Waals surface area contributed by atoms with Gasteiger partial charge < -0.3 is 20.2 Å². The van der Waals surface area contributed by atoms with Crippen LogP contribution >= 0.6 is 0 Å². The topological polar surface area (TPSA) is 132 Å². The van der Waals surface area contributed by atoms with Crippen LogP contribution < -0.4 is 11.1 Å². The molecule has 0 radical (unpaired) electrons. The Morgan fingerprint density at radius 2 is 2.20 bits per heavy atom. The van der Waals surface area contributed by atoms with E-state index in [1.165, 1.54) is 16.4 Å². The molecule has 3 N–H and O–H groups in total. The van der Waals surface area contributed by atoms with Crippen molar-refractivity contribution in [3.63, 3.8) is 0 Å². The van der Waals surface area contributed by atoms with Crippen LogP contribution in [-0.2, 0) is 19.6 Å². The number of hydrogen-bond acceptors (Lipinski definition) is 7. The van der Waals surface area contributed by atoms with E-state index in [2.05, 4.69) is 5.32 Å². The Balaban J connectivity index is 2.11. The maximum Gasteiger partial charge on any atom is 0.374 e. The number of furan rings is 1. The second kappa shape index (κ2) is 8.45. The number of nitrogens with zero attached hydrogens (tertiary/aromatic N) is 1. The minimum Gasteiger partial charge on any atom is -0.460 e. The standard InChI is InChI=1S/C15H23N3O6S/c1-2-23-15(20)12-5-6-13(24-12)25(21,22)18-9-3-4-11(10-18)14(19)17-8-7-16/h5-6,11H,2-4,7-10,16H2,1H3,(H,17,19). The molecule has 1 atom stereocenters. The number of sulfonamides is 1. The van der Waals surface area contributed by atoms with Crippen molar-refractivity contribution in [3.8, 4) is 0 Å². The molecule has 0 saturated carbocycles. The minimum absolute atomic E-state index is 0.0637. The zero-order chi connectivity index (χ0) is 18.4. The lowest BCUT2D eigenvalue weighted by Crippen LogP contribution is -2.46. The van der Waals surface area contributed by atoms with Gasteiger partial charge in [-0.2, -0.15) is 4.31 Å². The number of carbonyl (C=O) groups is 2. The summed E-state index contributed by atoms with van der Waals surface area (Å²) in [6, 6.07) is 2.49. The molecule has 140 valence electrons. The molecule has 25 heavy (non-hydrogen) atoms. The molecular formula is C15H23N3O6S. The van der Waals surface area contributed by atoms with Crippen LogP contribution in [0.25, 0.3) is 0 Å². The highest BCUT2D eigenvalue weighted by atomic mass is 32.2. The Kier molecular flexibility index (Phi) is 6.57. The first kappa shape index (κ1) is 19.4. The number of esters is 1. The highest BCUT2D eigenvalue weighted by molar-refractivity contribution is 7.89. The van der Waals surface area contributed by atoms with E-state index in [9.17, 15) is 18.0 Å².